The Morgan fingerprint density at radius 2 is 2.00 bits per heavy atom. The maximum Gasteiger partial charge on any atom is 0.131 e. The summed E-state index contributed by atoms with van der Waals surface area (Å²) in [7, 11) is 1.84. The van der Waals surface area contributed by atoms with Gasteiger partial charge >= 0.3 is 0 Å². The van der Waals surface area contributed by atoms with Crippen LogP contribution in [0.15, 0.2) is 30.3 Å². The largest absolute Gasteiger partial charge is 0.388 e. The maximum atomic E-state index is 10.5. The van der Waals surface area contributed by atoms with Crippen LogP contribution >= 0.6 is 11.6 Å². The molecule has 0 aliphatic carbocycles. The number of halogens is 1. The van der Waals surface area contributed by atoms with Crippen molar-refractivity contribution in [2.45, 2.75) is 25.0 Å². The number of nitrogens with zero attached hydrogens (tertiary/aromatic N) is 2. The Kier molecular flexibility index (Phi) is 5.02. The molecule has 0 saturated carbocycles. The van der Waals surface area contributed by atoms with Crippen molar-refractivity contribution in [1.82, 2.24) is 15.1 Å². The fraction of sp³-hybridized carbons (Fsp3) is 0.471. The van der Waals surface area contributed by atoms with Gasteiger partial charge in [0.15, 0.2) is 0 Å². The number of rotatable bonds is 5. The molecular formula is C17H22ClN3O2. The molecule has 2 heterocycles. The second-order valence-corrected chi connectivity index (χ2v) is 6.41. The second-order valence-electron chi connectivity index (χ2n) is 6.05. The highest BCUT2D eigenvalue weighted by Crippen LogP contribution is 2.28. The maximum absolute atomic E-state index is 10.5. The van der Waals surface area contributed by atoms with E-state index >= 15 is 0 Å². The summed E-state index contributed by atoms with van der Waals surface area (Å²) in [5, 5.41) is 19.0. The molecule has 2 N–H and O–H groups in total. The number of benzene rings is 1. The number of aliphatic hydroxyl groups is 1. The first-order valence-corrected chi connectivity index (χ1v) is 8.24. The molecule has 0 amide bonds. The zero-order valence-electron chi connectivity index (χ0n) is 13.3. The zero-order chi connectivity index (χ0) is 16.3. The number of aromatic nitrogens is 2. The van der Waals surface area contributed by atoms with E-state index in [-0.39, 0.29) is 0 Å². The third kappa shape index (κ3) is 3.75. The molecule has 1 aromatic carbocycles. The minimum atomic E-state index is -0.695. The monoisotopic (exact) mass is 335 g/mol. The number of aryl methyl sites for hydroxylation is 1. The molecule has 5 nitrogen and oxygen atoms in total. The van der Waals surface area contributed by atoms with Crippen LogP contribution in [0.5, 0.6) is 0 Å². The van der Waals surface area contributed by atoms with Gasteiger partial charge in [0.2, 0.25) is 0 Å². The van der Waals surface area contributed by atoms with E-state index in [0.29, 0.717) is 44.3 Å². The lowest BCUT2D eigenvalue weighted by Gasteiger charge is -2.32. The number of hydrogen-bond acceptors (Lipinski definition) is 4. The quantitative estimate of drug-likeness (QED) is 0.880. The molecule has 1 aromatic heterocycles. The molecule has 3 rings (SSSR count). The van der Waals surface area contributed by atoms with Gasteiger partial charge in [0, 0.05) is 57.3 Å². The topological polar surface area (TPSA) is 59.3 Å². The summed E-state index contributed by atoms with van der Waals surface area (Å²) in [4.78, 5) is 0. The highest BCUT2D eigenvalue weighted by atomic mass is 35.5. The van der Waals surface area contributed by atoms with E-state index in [1.165, 1.54) is 0 Å². The van der Waals surface area contributed by atoms with Crippen LogP contribution in [0.1, 0.15) is 18.4 Å². The van der Waals surface area contributed by atoms with Crippen LogP contribution in [0.3, 0.4) is 0 Å². The number of hydrogen-bond donors (Lipinski definition) is 2. The summed E-state index contributed by atoms with van der Waals surface area (Å²) in [6, 6.07) is 9.99. The van der Waals surface area contributed by atoms with Gasteiger partial charge in [0.1, 0.15) is 5.15 Å². The fourth-order valence-electron chi connectivity index (χ4n) is 2.88. The molecule has 23 heavy (non-hydrogen) atoms. The molecule has 0 unspecified atom stereocenters. The summed E-state index contributed by atoms with van der Waals surface area (Å²) >= 11 is 6.40. The minimum absolute atomic E-state index is 0.524. The van der Waals surface area contributed by atoms with Crippen LogP contribution in [0.4, 0.5) is 0 Å². The Labute approximate surface area is 141 Å². The highest BCUT2D eigenvalue weighted by Gasteiger charge is 2.29. The normalized spacial score (nSPS) is 17.3. The van der Waals surface area contributed by atoms with Crippen LogP contribution in [0.2, 0.25) is 5.15 Å². The van der Waals surface area contributed by atoms with Crippen LogP contribution in [0.25, 0.3) is 11.3 Å². The van der Waals surface area contributed by atoms with Crippen LogP contribution < -0.4 is 5.32 Å². The fourth-order valence-corrected chi connectivity index (χ4v) is 3.07. The summed E-state index contributed by atoms with van der Waals surface area (Å²) in [6.07, 6.45) is 1.32. The summed E-state index contributed by atoms with van der Waals surface area (Å²) < 4.78 is 6.99. The van der Waals surface area contributed by atoms with Gasteiger partial charge in [0.25, 0.3) is 0 Å². The molecule has 0 bridgehead atoms. The van der Waals surface area contributed by atoms with E-state index in [9.17, 15) is 5.11 Å². The first kappa shape index (κ1) is 16.5. The van der Waals surface area contributed by atoms with Crippen molar-refractivity contribution in [2.24, 2.45) is 7.05 Å². The van der Waals surface area contributed by atoms with Crippen molar-refractivity contribution in [3.63, 3.8) is 0 Å². The van der Waals surface area contributed by atoms with E-state index in [1.54, 1.807) is 4.68 Å². The smallest absolute Gasteiger partial charge is 0.131 e. The Balaban J connectivity index is 1.72. The Bertz CT molecular complexity index is 651. The van der Waals surface area contributed by atoms with Crippen molar-refractivity contribution >= 4 is 11.6 Å². The van der Waals surface area contributed by atoms with E-state index in [4.69, 9.17) is 16.3 Å². The van der Waals surface area contributed by atoms with Gasteiger partial charge in [-0.2, -0.15) is 5.10 Å². The molecule has 2 aromatic rings. The third-order valence-corrected chi connectivity index (χ3v) is 4.77. The van der Waals surface area contributed by atoms with Gasteiger partial charge in [-0.25, -0.2) is 0 Å². The average molecular weight is 336 g/mol. The van der Waals surface area contributed by atoms with Crippen LogP contribution in [0, 0.1) is 0 Å². The molecular weight excluding hydrogens is 314 g/mol. The highest BCUT2D eigenvalue weighted by molar-refractivity contribution is 6.30. The summed E-state index contributed by atoms with van der Waals surface area (Å²) in [6.45, 7) is 2.32. The van der Waals surface area contributed by atoms with Gasteiger partial charge in [-0.05, 0) is 0 Å². The van der Waals surface area contributed by atoms with E-state index < -0.39 is 5.60 Å². The first-order valence-electron chi connectivity index (χ1n) is 7.87. The molecule has 1 fully saturated rings. The molecule has 0 spiro atoms. The predicted octanol–water partition coefficient (Wildman–Crippen LogP) is 2.37. The first-order chi connectivity index (χ1) is 11.1. The summed E-state index contributed by atoms with van der Waals surface area (Å²) in [5.74, 6) is 0. The lowest BCUT2D eigenvalue weighted by Crippen LogP contribution is -2.44. The minimum Gasteiger partial charge on any atom is -0.388 e. The molecule has 1 saturated heterocycles. The van der Waals surface area contributed by atoms with Crippen LogP contribution in [-0.2, 0) is 18.3 Å². The van der Waals surface area contributed by atoms with E-state index in [2.05, 4.69) is 10.4 Å². The van der Waals surface area contributed by atoms with Gasteiger partial charge in [-0.1, -0.05) is 41.9 Å². The van der Waals surface area contributed by atoms with Crippen molar-refractivity contribution < 1.29 is 9.84 Å². The second kappa shape index (κ2) is 7.01. The van der Waals surface area contributed by atoms with E-state index in [1.807, 2.05) is 37.4 Å². The molecule has 6 heteroatoms. The Hall–Kier alpha value is -1.40. The Morgan fingerprint density at radius 1 is 1.30 bits per heavy atom. The lowest BCUT2D eigenvalue weighted by molar-refractivity contribution is -0.0616. The standard InChI is InChI=1S/C17H22ClN3O2/c1-21-16(18)14(15(20-21)13-5-3-2-4-6-13)11-19-12-17(22)7-9-23-10-8-17/h2-6,19,22H,7-12H2,1H3. The molecule has 0 radical (unpaired) electrons. The van der Waals surface area contributed by atoms with E-state index in [0.717, 1.165) is 16.8 Å². The molecule has 1 aliphatic heterocycles. The van der Waals surface area contributed by atoms with Gasteiger partial charge < -0.3 is 15.2 Å². The van der Waals surface area contributed by atoms with Gasteiger partial charge in [-0.3, -0.25) is 4.68 Å². The lowest BCUT2D eigenvalue weighted by atomic mass is 9.94. The third-order valence-electron chi connectivity index (χ3n) is 4.30. The molecule has 0 atom stereocenters. The van der Waals surface area contributed by atoms with Gasteiger partial charge in [-0.15, -0.1) is 0 Å². The number of ether oxygens (including phenoxy) is 1. The Morgan fingerprint density at radius 3 is 2.70 bits per heavy atom. The van der Waals surface area contributed by atoms with Crippen molar-refractivity contribution in [1.29, 1.82) is 0 Å². The number of nitrogens with one attached hydrogen (secondary N) is 1. The summed E-state index contributed by atoms with van der Waals surface area (Å²) in [5.41, 5.74) is 2.18. The average Bonchev–Trinajstić information content (AvgIpc) is 2.85. The van der Waals surface area contributed by atoms with Crippen molar-refractivity contribution in [3.8, 4) is 11.3 Å². The van der Waals surface area contributed by atoms with Gasteiger partial charge in [0.05, 0.1) is 11.3 Å². The molecule has 1 aliphatic rings. The van der Waals surface area contributed by atoms with Crippen molar-refractivity contribution in [2.75, 3.05) is 19.8 Å². The SMILES string of the molecule is Cn1nc(-c2ccccc2)c(CNCC2(O)CCOCC2)c1Cl. The predicted molar refractivity (Wildman–Crippen MR) is 90.4 cm³/mol. The zero-order valence-corrected chi connectivity index (χ0v) is 14.0. The van der Waals surface area contributed by atoms with Crippen molar-refractivity contribution in [3.05, 3.63) is 41.0 Å². The van der Waals surface area contributed by atoms with Crippen LogP contribution in [-0.4, -0.2) is 40.2 Å². The molecule has 124 valence electrons.